The first-order valence-electron chi connectivity index (χ1n) is 8.53. The van der Waals surface area contributed by atoms with Crippen molar-refractivity contribution >= 4 is 21.7 Å². The highest BCUT2D eigenvalue weighted by Gasteiger charge is 2.57. The lowest BCUT2D eigenvalue weighted by molar-refractivity contribution is -0.0493. The average molecular weight is 397 g/mol. The molecule has 2 aliphatic rings. The van der Waals surface area contributed by atoms with Crippen LogP contribution in [0, 0.1) is 24.2 Å². The van der Waals surface area contributed by atoms with E-state index in [-0.39, 0.29) is 17.2 Å². The van der Waals surface area contributed by atoms with Gasteiger partial charge < -0.3 is 15.3 Å². The molecule has 0 aliphatic heterocycles. The van der Waals surface area contributed by atoms with Crippen LogP contribution < -0.4 is 0 Å². The second-order valence-electron chi connectivity index (χ2n) is 8.00. The van der Waals surface area contributed by atoms with E-state index < -0.39 is 23.4 Å². The third-order valence-corrected chi connectivity index (χ3v) is 7.29. The van der Waals surface area contributed by atoms with Gasteiger partial charge in [0.2, 0.25) is 0 Å². The van der Waals surface area contributed by atoms with E-state index in [0.717, 1.165) is 24.0 Å². The molecule has 1 saturated carbocycles. The lowest BCUT2D eigenvalue weighted by Crippen LogP contribution is -2.44. The molecule has 1 fully saturated rings. The second-order valence-corrected chi connectivity index (χ2v) is 8.80. The number of carbonyl (C=O) groups is 1. The average Bonchev–Trinajstić information content (AvgIpc) is 2.86. The molecule has 0 spiro atoms. The van der Waals surface area contributed by atoms with Gasteiger partial charge in [-0.3, -0.25) is 4.79 Å². The van der Waals surface area contributed by atoms with E-state index in [4.69, 9.17) is 0 Å². The quantitative estimate of drug-likeness (QED) is 0.678. The van der Waals surface area contributed by atoms with Crippen molar-refractivity contribution in [3.63, 3.8) is 0 Å². The Morgan fingerprint density at radius 2 is 1.96 bits per heavy atom. The smallest absolute Gasteiger partial charge is 0.198 e. The van der Waals surface area contributed by atoms with Crippen LogP contribution in [0.4, 0.5) is 0 Å². The molecule has 3 N–H and O–H groups in total. The fraction of sp³-hybridized carbons (Fsp3) is 0.632. The van der Waals surface area contributed by atoms with Crippen LogP contribution in [0.3, 0.4) is 0 Å². The Morgan fingerprint density at radius 1 is 1.33 bits per heavy atom. The molecule has 2 aliphatic carbocycles. The predicted octanol–water partition coefficient (Wildman–Crippen LogP) is 3.54. The molecule has 1 aromatic carbocycles. The van der Waals surface area contributed by atoms with Gasteiger partial charge in [-0.25, -0.2) is 0 Å². The van der Waals surface area contributed by atoms with Gasteiger partial charge in [0, 0.05) is 5.41 Å². The van der Waals surface area contributed by atoms with Crippen LogP contribution in [0.1, 0.15) is 61.0 Å². The summed E-state index contributed by atoms with van der Waals surface area (Å²) in [6, 6.07) is 1.94. The Balaban J connectivity index is 2.35. The van der Waals surface area contributed by atoms with Gasteiger partial charge in [0.15, 0.2) is 5.78 Å². The predicted molar refractivity (Wildman–Crippen MR) is 95.3 cm³/mol. The Morgan fingerprint density at radius 3 is 2.54 bits per heavy atom. The molecule has 1 aromatic rings. The molecule has 4 nitrogen and oxygen atoms in total. The molecule has 0 radical (unpaired) electrons. The zero-order chi connectivity index (χ0) is 18.0. The van der Waals surface area contributed by atoms with Crippen LogP contribution in [0.25, 0.3) is 0 Å². The lowest BCUT2D eigenvalue weighted by atomic mass is 9.67. The number of carbonyl (C=O) groups excluding carboxylic acids is 1. The first kappa shape index (κ1) is 17.9. The minimum Gasteiger partial charge on any atom is -0.506 e. The van der Waals surface area contributed by atoms with Gasteiger partial charge in [-0.1, -0.05) is 26.8 Å². The number of aliphatic hydroxyl groups excluding tert-OH is 2. The first-order chi connectivity index (χ1) is 11.1. The molecule has 0 aromatic heterocycles. The maximum atomic E-state index is 12.8. The standard InChI is InChI=1S/C19H25BrO4/c1-8(2)10-5-6-19(4)13(10)11-7-9(3)14(20)15(21)12(11)16(22)17(23)18(19)24/h7-8,10,13,17-18,21,23-24H,5-6H2,1-4H3/t10-,13-,17-,18+,19-/m1/s1. The third kappa shape index (κ3) is 2.28. The van der Waals surface area contributed by atoms with E-state index in [1.807, 2.05) is 19.9 Å². The lowest BCUT2D eigenvalue weighted by Gasteiger charge is -2.39. The SMILES string of the molecule is Cc1cc2c(c(O)c1Br)C(=O)[C@@H](O)[C@H](O)[C@]1(C)CC[C@H](C(C)C)[C@H]21. The fourth-order valence-electron chi connectivity index (χ4n) is 4.88. The molecule has 5 heteroatoms. The number of benzene rings is 1. The number of aryl methyl sites for hydroxylation is 1. The number of aromatic hydroxyl groups is 1. The Kier molecular flexibility index (Phi) is 4.34. The molecule has 5 atom stereocenters. The maximum Gasteiger partial charge on any atom is 0.198 e. The van der Waals surface area contributed by atoms with Gasteiger partial charge in [-0.15, -0.1) is 0 Å². The van der Waals surface area contributed by atoms with Crippen molar-refractivity contribution < 1.29 is 20.1 Å². The number of halogens is 1. The summed E-state index contributed by atoms with van der Waals surface area (Å²) in [5.74, 6) is -0.107. The molecule has 0 heterocycles. The van der Waals surface area contributed by atoms with Gasteiger partial charge in [0.1, 0.15) is 11.9 Å². The number of ketones is 1. The monoisotopic (exact) mass is 396 g/mol. The summed E-state index contributed by atoms with van der Waals surface area (Å²) in [4.78, 5) is 12.8. The number of hydrogen-bond acceptors (Lipinski definition) is 4. The van der Waals surface area contributed by atoms with Crippen LogP contribution in [0.5, 0.6) is 5.75 Å². The van der Waals surface area contributed by atoms with Gasteiger partial charge in [-0.2, -0.15) is 0 Å². The number of phenolic OH excluding ortho intramolecular Hbond substituents is 1. The highest BCUT2D eigenvalue weighted by Crippen LogP contribution is 2.60. The molecule has 0 amide bonds. The molecule has 24 heavy (non-hydrogen) atoms. The minimum atomic E-state index is -1.51. The van der Waals surface area contributed by atoms with Crippen LogP contribution >= 0.6 is 15.9 Å². The number of phenols is 1. The normalized spacial score (nSPS) is 35.8. The van der Waals surface area contributed by atoms with Crippen molar-refractivity contribution in [2.45, 2.75) is 58.7 Å². The fourth-order valence-corrected chi connectivity index (χ4v) is 5.20. The van der Waals surface area contributed by atoms with Crippen LogP contribution in [0.2, 0.25) is 0 Å². The number of hydrogen-bond donors (Lipinski definition) is 3. The zero-order valence-electron chi connectivity index (χ0n) is 14.5. The summed E-state index contributed by atoms with van der Waals surface area (Å²) in [6.45, 7) is 8.14. The largest absolute Gasteiger partial charge is 0.506 e. The first-order valence-corrected chi connectivity index (χ1v) is 9.32. The second kappa shape index (κ2) is 5.82. The number of aliphatic hydroxyl groups is 2. The van der Waals surface area contributed by atoms with Crippen molar-refractivity contribution in [1.82, 2.24) is 0 Å². The highest BCUT2D eigenvalue weighted by atomic mass is 79.9. The van der Waals surface area contributed by atoms with E-state index in [0.29, 0.717) is 16.3 Å². The van der Waals surface area contributed by atoms with E-state index in [9.17, 15) is 20.1 Å². The van der Waals surface area contributed by atoms with Crippen molar-refractivity contribution in [3.8, 4) is 5.75 Å². The molecule has 0 bridgehead atoms. The van der Waals surface area contributed by atoms with E-state index in [1.54, 1.807) is 0 Å². The summed E-state index contributed by atoms with van der Waals surface area (Å²) >= 11 is 3.33. The van der Waals surface area contributed by atoms with Crippen molar-refractivity contribution in [3.05, 3.63) is 27.2 Å². The summed E-state index contributed by atoms with van der Waals surface area (Å²) in [5.41, 5.74) is 1.21. The zero-order valence-corrected chi connectivity index (χ0v) is 16.1. The highest BCUT2D eigenvalue weighted by molar-refractivity contribution is 9.10. The van der Waals surface area contributed by atoms with Crippen LogP contribution in [-0.4, -0.2) is 33.3 Å². The van der Waals surface area contributed by atoms with E-state index >= 15 is 0 Å². The molecular formula is C19H25BrO4. The van der Waals surface area contributed by atoms with Crippen molar-refractivity contribution in [2.24, 2.45) is 17.3 Å². The van der Waals surface area contributed by atoms with Gasteiger partial charge in [-0.05, 0) is 64.6 Å². The van der Waals surface area contributed by atoms with E-state index in [2.05, 4.69) is 29.8 Å². The third-order valence-electron chi connectivity index (χ3n) is 6.29. The van der Waals surface area contributed by atoms with Crippen molar-refractivity contribution in [1.29, 1.82) is 0 Å². The number of rotatable bonds is 1. The van der Waals surface area contributed by atoms with E-state index in [1.165, 1.54) is 0 Å². The summed E-state index contributed by atoms with van der Waals surface area (Å²) in [7, 11) is 0. The summed E-state index contributed by atoms with van der Waals surface area (Å²) in [6.07, 6.45) is -0.956. The number of fused-ring (bicyclic) bond motifs is 3. The minimum absolute atomic E-state index is 0.0682. The Hall–Kier alpha value is -0.910. The van der Waals surface area contributed by atoms with Gasteiger partial charge in [0.05, 0.1) is 16.1 Å². The molecular weight excluding hydrogens is 372 g/mol. The Labute approximate surface area is 151 Å². The topological polar surface area (TPSA) is 77.8 Å². The van der Waals surface area contributed by atoms with Gasteiger partial charge >= 0.3 is 0 Å². The Bertz CT molecular complexity index is 699. The maximum absolute atomic E-state index is 12.8. The molecule has 0 unspecified atom stereocenters. The molecule has 132 valence electrons. The number of Topliss-reactive ketones (excluding diaryl/α,β-unsaturated/α-hetero) is 1. The summed E-state index contributed by atoms with van der Waals surface area (Å²) < 4.78 is 0.471. The van der Waals surface area contributed by atoms with Crippen LogP contribution in [-0.2, 0) is 0 Å². The van der Waals surface area contributed by atoms with Crippen LogP contribution in [0.15, 0.2) is 10.5 Å². The van der Waals surface area contributed by atoms with Gasteiger partial charge in [0.25, 0.3) is 0 Å². The summed E-state index contributed by atoms with van der Waals surface area (Å²) in [5, 5.41) is 31.9. The van der Waals surface area contributed by atoms with Crippen molar-refractivity contribution in [2.75, 3.05) is 0 Å². The molecule has 0 saturated heterocycles. The molecule has 3 rings (SSSR count).